The summed E-state index contributed by atoms with van der Waals surface area (Å²) in [5.74, 6) is -0.234. The van der Waals surface area contributed by atoms with Gasteiger partial charge in [-0.2, -0.15) is 0 Å². The maximum Gasteiger partial charge on any atom is 0.354 e. The van der Waals surface area contributed by atoms with Gasteiger partial charge in [-0.05, 0) is 90.7 Å². The molecule has 0 atom stereocenters. The third-order valence-corrected chi connectivity index (χ3v) is 5.82. The van der Waals surface area contributed by atoms with Crippen molar-refractivity contribution in [3.63, 3.8) is 0 Å². The summed E-state index contributed by atoms with van der Waals surface area (Å²) >= 11 is 8.59. The molecule has 2 aromatic carbocycles. The highest BCUT2D eigenvalue weighted by atomic mass is 127. The summed E-state index contributed by atoms with van der Waals surface area (Å²) < 4.78 is 8.70. The second-order valence-electron chi connectivity index (χ2n) is 6.48. The van der Waals surface area contributed by atoms with E-state index in [0.29, 0.717) is 6.10 Å². The molecule has 26 heavy (non-hydrogen) atoms. The van der Waals surface area contributed by atoms with Gasteiger partial charge < -0.3 is 14.4 Å². The maximum atomic E-state index is 11.8. The molecule has 1 fully saturated rings. The van der Waals surface area contributed by atoms with Crippen molar-refractivity contribution in [2.24, 2.45) is 0 Å². The first-order valence-corrected chi connectivity index (χ1v) is 10.00. The highest BCUT2D eigenvalue weighted by Crippen LogP contribution is 2.35. The number of nitrogens with zero attached hydrogens (tertiary/aromatic N) is 1. The predicted octanol–water partition coefficient (Wildman–Crippen LogP) is 5.91. The summed E-state index contributed by atoms with van der Waals surface area (Å²) in [5, 5.41) is 10.7. The number of carboxylic acids is 1. The average Bonchev–Trinajstić information content (AvgIpc) is 3.22. The Morgan fingerprint density at radius 1 is 1.15 bits per heavy atom. The Morgan fingerprint density at radius 2 is 1.85 bits per heavy atom. The quantitative estimate of drug-likeness (QED) is 0.472. The van der Waals surface area contributed by atoms with E-state index in [1.165, 1.54) is 12.8 Å². The molecule has 1 N–H and O–H groups in total. The minimum absolute atomic E-state index is 0.0770. The number of hydrogen-bond donors (Lipinski definition) is 1. The van der Waals surface area contributed by atoms with E-state index in [1.54, 1.807) is 4.57 Å². The number of carboxylic acid groups (broad SMARTS) is 1. The molecule has 1 heterocycles. The Labute approximate surface area is 169 Å². The number of carbonyl (C=O) groups is 1. The Bertz CT molecular complexity index is 975. The molecule has 6 heteroatoms. The molecule has 3 aromatic rings. The smallest absolute Gasteiger partial charge is 0.354 e. The van der Waals surface area contributed by atoms with E-state index in [9.17, 15) is 9.90 Å². The zero-order valence-corrected chi connectivity index (χ0v) is 16.8. The monoisotopic (exact) mass is 481 g/mol. The summed E-state index contributed by atoms with van der Waals surface area (Å²) in [4.78, 5) is 11.8. The molecule has 0 bridgehead atoms. The molecular formula is C20H17ClINO3. The summed E-state index contributed by atoms with van der Waals surface area (Å²) in [6, 6.07) is 13.3. The third-order valence-electron chi connectivity index (χ3n) is 4.77. The van der Waals surface area contributed by atoms with Crippen molar-refractivity contribution < 1.29 is 14.6 Å². The second kappa shape index (κ2) is 7.12. The lowest BCUT2D eigenvalue weighted by atomic mass is 10.2. The Morgan fingerprint density at radius 3 is 2.50 bits per heavy atom. The van der Waals surface area contributed by atoms with Crippen LogP contribution in [0.5, 0.6) is 5.75 Å². The van der Waals surface area contributed by atoms with Gasteiger partial charge in [0.2, 0.25) is 0 Å². The van der Waals surface area contributed by atoms with Crippen LogP contribution in [0.2, 0.25) is 5.02 Å². The van der Waals surface area contributed by atoms with E-state index in [4.69, 9.17) is 16.3 Å². The lowest BCUT2D eigenvalue weighted by Crippen LogP contribution is -2.11. The van der Waals surface area contributed by atoms with Crippen molar-refractivity contribution in [1.82, 2.24) is 4.57 Å². The SMILES string of the molecule is O=C(O)c1c(Cl)c2cc(I)ccc2n1-c1ccc(OC2CCCC2)cc1. The van der Waals surface area contributed by atoms with Gasteiger partial charge in [-0.15, -0.1) is 0 Å². The van der Waals surface area contributed by atoms with E-state index in [1.807, 2.05) is 42.5 Å². The zero-order chi connectivity index (χ0) is 18.3. The molecule has 0 radical (unpaired) electrons. The minimum Gasteiger partial charge on any atom is -0.490 e. The van der Waals surface area contributed by atoms with Gasteiger partial charge in [0.15, 0.2) is 5.69 Å². The first-order chi connectivity index (χ1) is 12.5. The maximum absolute atomic E-state index is 11.8. The first-order valence-electron chi connectivity index (χ1n) is 8.54. The Kier molecular flexibility index (Phi) is 4.84. The minimum atomic E-state index is -1.05. The van der Waals surface area contributed by atoms with Crippen molar-refractivity contribution in [3.05, 3.63) is 56.8 Å². The lowest BCUT2D eigenvalue weighted by Gasteiger charge is -2.14. The van der Waals surface area contributed by atoms with Gasteiger partial charge in [0.25, 0.3) is 0 Å². The van der Waals surface area contributed by atoms with Crippen LogP contribution in [0.25, 0.3) is 16.6 Å². The molecule has 4 nitrogen and oxygen atoms in total. The highest BCUT2D eigenvalue weighted by molar-refractivity contribution is 14.1. The van der Waals surface area contributed by atoms with Crippen LogP contribution in [0, 0.1) is 3.57 Å². The molecule has 0 unspecified atom stereocenters. The van der Waals surface area contributed by atoms with E-state index in [-0.39, 0.29) is 10.7 Å². The molecule has 0 aliphatic heterocycles. The molecule has 0 spiro atoms. The number of rotatable bonds is 4. The van der Waals surface area contributed by atoms with Gasteiger partial charge >= 0.3 is 5.97 Å². The van der Waals surface area contributed by atoms with Crippen molar-refractivity contribution in [1.29, 1.82) is 0 Å². The number of fused-ring (bicyclic) bond motifs is 1. The van der Waals surface area contributed by atoms with Gasteiger partial charge in [0.1, 0.15) is 5.75 Å². The number of hydrogen-bond acceptors (Lipinski definition) is 2. The summed E-state index contributed by atoms with van der Waals surface area (Å²) in [6.45, 7) is 0. The third kappa shape index (κ3) is 3.18. The molecule has 1 aliphatic rings. The highest BCUT2D eigenvalue weighted by Gasteiger charge is 2.23. The van der Waals surface area contributed by atoms with Crippen LogP contribution >= 0.6 is 34.2 Å². The molecule has 134 valence electrons. The van der Waals surface area contributed by atoms with Crippen LogP contribution < -0.4 is 4.74 Å². The predicted molar refractivity (Wildman–Crippen MR) is 111 cm³/mol. The van der Waals surface area contributed by atoms with Crippen molar-refractivity contribution >= 4 is 51.1 Å². The second-order valence-corrected chi connectivity index (χ2v) is 8.11. The van der Waals surface area contributed by atoms with Gasteiger partial charge in [0, 0.05) is 14.6 Å². The number of ether oxygens (including phenoxy) is 1. The zero-order valence-electron chi connectivity index (χ0n) is 13.9. The van der Waals surface area contributed by atoms with Crippen LogP contribution in [0.15, 0.2) is 42.5 Å². The molecule has 4 rings (SSSR count). The van der Waals surface area contributed by atoms with E-state index < -0.39 is 5.97 Å². The lowest BCUT2D eigenvalue weighted by molar-refractivity contribution is 0.0689. The van der Waals surface area contributed by atoms with Gasteiger partial charge in [0.05, 0.1) is 16.6 Å². The standard InChI is InChI=1S/C20H17ClINO3/c21-18-16-11-12(22)5-10-17(16)23(19(18)20(24)25)13-6-8-15(9-7-13)26-14-3-1-2-4-14/h5-11,14H,1-4H2,(H,24,25). The Hall–Kier alpha value is -1.73. The number of benzene rings is 2. The van der Waals surface area contributed by atoms with Crippen LogP contribution in [0.1, 0.15) is 36.2 Å². The number of halogens is 2. The van der Waals surface area contributed by atoms with Crippen molar-refractivity contribution in [2.45, 2.75) is 31.8 Å². The van der Waals surface area contributed by atoms with E-state index >= 15 is 0 Å². The van der Waals surface area contributed by atoms with Crippen LogP contribution in [-0.4, -0.2) is 21.7 Å². The summed E-state index contributed by atoms with van der Waals surface area (Å²) in [7, 11) is 0. The number of aromatic nitrogens is 1. The fourth-order valence-corrected chi connectivity index (χ4v) is 4.36. The molecular weight excluding hydrogens is 465 g/mol. The molecule has 1 saturated carbocycles. The van der Waals surface area contributed by atoms with Gasteiger partial charge in [-0.3, -0.25) is 0 Å². The van der Waals surface area contributed by atoms with E-state index in [2.05, 4.69) is 22.6 Å². The summed E-state index contributed by atoms with van der Waals surface area (Å²) in [6.07, 6.45) is 4.93. The molecule has 1 aliphatic carbocycles. The topological polar surface area (TPSA) is 51.5 Å². The van der Waals surface area contributed by atoms with Gasteiger partial charge in [-0.1, -0.05) is 11.6 Å². The molecule has 0 saturated heterocycles. The molecule has 1 aromatic heterocycles. The first kappa shape index (κ1) is 17.7. The number of aromatic carboxylic acids is 1. The summed E-state index contributed by atoms with van der Waals surface area (Å²) in [5.41, 5.74) is 1.60. The molecule has 0 amide bonds. The van der Waals surface area contributed by atoms with Gasteiger partial charge in [-0.25, -0.2) is 4.79 Å². The fourth-order valence-electron chi connectivity index (χ4n) is 3.56. The largest absolute Gasteiger partial charge is 0.490 e. The fraction of sp³-hybridized carbons (Fsp3) is 0.250. The Balaban J connectivity index is 1.78. The van der Waals surface area contributed by atoms with Crippen LogP contribution in [-0.2, 0) is 0 Å². The van der Waals surface area contributed by atoms with Crippen LogP contribution in [0.3, 0.4) is 0 Å². The van der Waals surface area contributed by atoms with Crippen molar-refractivity contribution in [2.75, 3.05) is 0 Å². The van der Waals surface area contributed by atoms with Crippen LogP contribution in [0.4, 0.5) is 0 Å². The average molecular weight is 482 g/mol. The van der Waals surface area contributed by atoms with E-state index in [0.717, 1.165) is 38.8 Å². The normalized spacial score (nSPS) is 14.8. The van der Waals surface area contributed by atoms with Crippen molar-refractivity contribution in [3.8, 4) is 11.4 Å².